The van der Waals surface area contributed by atoms with Crippen molar-refractivity contribution in [1.29, 1.82) is 0 Å². The summed E-state index contributed by atoms with van der Waals surface area (Å²) in [5, 5.41) is 0. The Kier molecular flexibility index (Phi) is 4.34. The highest BCUT2D eigenvalue weighted by atomic mass is 16.5. The zero-order valence-corrected chi connectivity index (χ0v) is 7.84. The first-order valence-electron chi connectivity index (χ1n) is 4.51. The zero-order chi connectivity index (χ0) is 9.52. The molecule has 1 saturated heterocycles. The number of esters is 1. The number of carbonyl (C=O) groups is 1. The maximum atomic E-state index is 10.6. The maximum Gasteiger partial charge on any atom is 0.384 e. The van der Waals surface area contributed by atoms with Crippen LogP contribution in [0, 0.1) is 11.8 Å². The lowest BCUT2D eigenvalue weighted by Gasteiger charge is -2.04. The minimum Gasteiger partial charge on any atom is -0.459 e. The van der Waals surface area contributed by atoms with Crippen molar-refractivity contribution < 1.29 is 14.3 Å². The molecule has 0 aromatic rings. The number of rotatable bonds is 2. The van der Waals surface area contributed by atoms with Crippen LogP contribution in [-0.4, -0.2) is 25.8 Å². The summed E-state index contributed by atoms with van der Waals surface area (Å²) >= 11 is 0. The molecule has 1 fully saturated rings. The van der Waals surface area contributed by atoms with Gasteiger partial charge in [-0.15, -0.1) is 0 Å². The van der Waals surface area contributed by atoms with Crippen molar-refractivity contribution in [3.63, 3.8) is 0 Å². The molecule has 1 aliphatic heterocycles. The third kappa shape index (κ3) is 3.95. The molecule has 0 amide bonds. The van der Waals surface area contributed by atoms with Crippen molar-refractivity contribution in [2.75, 3.05) is 13.7 Å². The van der Waals surface area contributed by atoms with Crippen LogP contribution in [0.2, 0.25) is 0 Å². The van der Waals surface area contributed by atoms with Crippen molar-refractivity contribution >= 4 is 5.97 Å². The van der Waals surface area contributed by atoms with Gasteiger partial charge in [-0.2, -0.15) is 0 Å². The lowest BCUT2D eigenvalue weighted by molar-refractivity contribution is -0.133. The molecular formula is C10H14O3. The van der Waals surface area contributed by atoms with Crippen LogP contribution in [0.3, 0.4) is 0 Å². The van der Waals surface area contributed by atoms with E-state index in [0.717, 1.165) is 25.9 Å². The third-order valence-corrected chi connectivity index (χ3v) is 1.99. The second-order valence-corrected chi connectivity index (χ2v) is 2.97. The van der Waals surface area contributed by atoms with Gasteiger partial charge >= 0.3 is 5.97 Å². The van der Waals surface area contributed by atoms with Crippen LogP contribution in [0.25, 0.3) is 0 Å². The molecule has 13 heavy (non-hydrogen) atoms. The van der Waals surface area contributed by atoms with Gasteiger partial charge in [0.05, 0.1) is 13.2 Å². The summed E-state index contributed by atoms with van der Waals surface area (Å²) < 4.78 is 9.78. The Morgan fingerprint density at radius 3 is 3.15 bits per heavy atom. The van der Waals surface area contributed by atoms with E-state index in [-0.39, 0.29) is 0 Å². The van der Waals surface area contributed by atoms with E-state index in [4.69, 9.17) is 4.74 Å². The molecule has 0 radical (unpaired) electrons. The van der Waals surface area contributed by atoms with Crippen LogP contribution >= 0.6 is 0 Å². The Labute approximate surface area is 78.4 Å². The lowest BCUT2D eigenvalue weighted by Crippen LogP contribution is -2.03. The van der Waals surface area contributed by atoms with Crippen LogP contribution in [0.15, 0.2) is 0 Å². The topological polar surface area (TPSA) is 35.5 Å². The summed E-state index contributed by atoms with van der Waals surface area (Å²) in [5.41, 5.74) is 0. The Morgan fingerprint density at radius 1 is 1.69 bits per heavy atom. The van der Waals surface area contributed by atoms with Gasteiger partial charge in [0.25, 0.3) is 0 Å². The van der Waals surface area contributed by atoms with Crippen molar-refractivity contribution in [2.24, 2.45) is 0 Å². The summed E-state index contributed by atoms with van der Waals surface area (Å²) in [5.74, 6) is 4.68. The number of carbonyl (C=O) groups excluding carboxylic acids is 1. The fourth-order valence-electron chi connectivity index (χ4n) is 1.29. The van der Waals surface area contributed by atoms with Crippen LogP contribution in [0.1, 0.15) is 25.7 Å². The van der Waals surface area contributed by atoms with Crippen molar-refractivity contribution in [3.8, 4) is 11.8 Å². The minimum atomic E-state index is -0.465. The SMILES string of the molecule is COC(=O)C#CCCC1CCCO1. The highest BCUT2D eigenvalue weighted by Gasteiger charge is 2.13. The smallest absolute Gasteiger partial charge is 0.384 e. The molecule has 1 unspecified atom stereocenters. The molecule has 3 nitrogen and oxygen atoms in total. The Hall–Kier alpha value is -1.01. The predicted octanol–water partition coefficient (Wildman–Crippen LogP) is 1.12. The van der Waals surface area contributed by atoms with Gasteiger partial charge in [-0.05, 0) is 19.3 Å². The van der Waals surface area contributed by atoms with Gasteiger partial charge in [0, 0.05) is 18.9 Å². The number of hydrogen-bond donors (Lipinski definition) is 0. The molecule has 0 bridgehead atoms. The first kappa shape index (κ1) is 10.1. The summed E-state index contributed by atoms with van der Waals surface area (Å²) in [6, 6.07) is 0. The van der Waals surface area contributed by atoms with Crippen LogP contribution < -0.4 is 0 Å². The fraction of sp³-hybridized carbons (Fsp3) is 0.700. The summed E-state index contributed by atoms with van der Waals surface area (Å²) in [6.07, 6.45) is 4.26. The van der Waals surface area contributed by atoms with Gasteiger partial charge in [-0.25, -0.2) is 4.79 Å². The molecule has 0 aromatic heterocycles. The van der Waals surface area contributed by atoms with Crippen molar-refractivity contribution in [1.82, 2.24) is 0 Å². The normalized spacial score (nSPS) is 20.5. The highest BCUT2D eigenvalue weighted by molar-refractivity contribution is 5.88. The van der Waals surface area contributed by atoms with E-state index in [1.54, 1.807) is 0 Å². The van der Waals surface area contributed by atoms with Crippen LogP contribution in [-0.2, 0) is 14.3 Å². The fourth-order valence-corrected chi connectivity index (χ4v) is 1.29. The zero-order valence-electron chi connectivity index (χ0n) is 7.84. The third-order valence-electron chi connectivity index (χ3n) is 1.99. The van der Waals surface area contributed by atoms with Gasteiger partial charge in [-0.3, -0.25) is 0 Å². The Bertz CT molecular complexity index is 218. The van der Waals surface area contributed by atoms with Crippen molar-refractivity contribution in [3.05, 3.63) is 0 Å². The van der Waals surface area contributed by atoms with E-state index >= 15 is 0 Å². The molecule has 72 valence electrons. The Morgan fingerprint density at radius 2 is 2.54 bits per heavy atom. The van der Waals surface area contributed by atoms with E-state index in [9.17, 15) is 4.79 Å². The van der Waals surface area contributed by atoms with E-state index in [1.165, 1.54) is 7.11 Å². The van der Waals surface area contributed by atoms with Crippen LogP contribution in [0.4, 0.5) is 0 Å². The monoisotopic (exact) mass is 182 g/mol. The van der Waals surface area contributed by atoms with E-state index < -0.39 is 5.97 Å². The average Bonchev–Trinajstić information content (AvgIpc) is 2.64. The summed E-state index contributed by atoms with van der Waals surface area (Å²) in [7, 11) is 1.33. The van der Waals surface area contributed by atoms with E-state index in [2.05, 4.69) is 16.6 Å². The maximum absolute atomic E-state index is 10.6. The molecule has 0 saturated carbocycles. The van der Waals surface area contributed by atoms with Crippen LogP contribution in [0.5, 0.6) is 0 Å². The van der Waals surface area contributed by atoms with E-state index in [0.29, 0.717) is 12.5 Å². The van der Waals surface area contributed by atoms with Gasteiger partial charge < -0.3 is 9.47 Å². The molecule has 1 rings (SSSR count). The number of ether oxygens (including phenoxy) is 2. The number of hydrogen-bond acceptors (Lipinski definition) is 3. The standard InChI is InChI=1S/C10H14O3/c1-12-10(11)7-3-2-5-9-6-4-8-13-9/h9H,2,4-6,8H2,1H3. The van der Waals surface area contributed by atoms with Gasteiger partial charge in [-0.1, -0.05) is 5.92 Å². The quantitative estimate of drug-likeness (QED) is 0.365. The molecule has 0 aromatic carbocycles. The first-order valence-corrected chi connectivity index (χ1v) is 4.51. The molecule has 3 heteroatoms. The predicted molar refractivity (Wildman–Crippen MR) is 48.0 cm³/mol. The molecule has 0 spiro atoms. The highest BCUT2D eigenvalue weighted by Crippen LogP contribution is 2.16. The molecule has 0 N–H and O–H groups in total. The molecule has 1 heterocycles. The molecule has 1 aliphatic rings. The first-order chi connectivity index (χ1) is 6.33. The molecule has 0 aliphatic carbocycles. The molecular weight excluding hydrogens is 168 g/mol. The van der Waals surface area contributed by atoms with Gasteiger partial charge in [0.2, 0.25) is 0 Å². The number of methoxy groups -OCH3 is 1. The van der Waals surface area contributed by atoms with Crippen molar-refractivity contribution in [2.45, 2.75) is 31.8 Å². The minimum absolute atomic E-state index is 0.354. The second kappa shape index (κ2) is 5.60. The molecule has 1 atom stereocenters. The van der Waals surface area contributed by atoms with E-state index in [1.807, 2.05) is 0 Å². The summed E-state index contributed by atoms with van der Waals surface area (Å²) in [4.78, 5) is 10.6. The lowest BCUT2D eigenvalue weighted by atomic mass is 10.1. The second-order valence-electron chi connectivity index (χ2n) is 2.97. The summed E-state index contributed by atoms with van der Waals surface area (Å²) in [6.45, 7) is 0.870. The Balaban J connectivity index is 2.10. The average molecular weight is 182 g/mol. The van der Waals surface area contributed by atoms with Gasteiger partial charge in [0.1, 0.15) is 0 Å². The van der Waals surface area contributed by atoms with Gasteiger partial charge in [0.15, 0.2) is 0 Å². The largest absolute Gasteiger partial charge is 0.459 e.